The molecule has 0 radical (unpaired) electrons. The Hall–Kier alpha value is -2.46. The van der Waals surface area contributed by atoms with Crippen molar-refractivity contribution >= 4 is 44.8 Å². The lowest BCUT2D eigenvalue weighted by Gasteiger charge is -2.21. The molecule has 0 aliphatic carbocycles. The zero-order valence-electron chi connectivity index (χ0n) is 17.0. The predicted octanol–water partition coefficient (Wildman–Crippen LogP) is 4.39. The van der Waals surface area contributed by atoms with Crippen molar-refractivity contribution in [1.82, 2.24) is 19.1 Å². The van der Waals surface area contributed by atoms with Gasteiger partial charge in [-0.3, -0.25) is 4.79 Å². The maximum Gasteiger partial charge on any atom is 0.255 e. The van der Waals surface area contributed by atoms with E-state index in [4.69, 9.17) is 23.2 Å². The highest BCUT2D eigenvalue weighted by molar-refractivity contribution is 7.89. The van der Waals surface area contributed by atoms with Crippen LogP contribution in [0.5, 0.6) is 0 Å². The van der Waals surface area contributed by atoms with Crippen LogP contribution in [0.2, 0.25) is 10.0 Å². The number of hydrogen-bond donors (Lipinski definition) is 1. The number of halogens is 2. The molecule has 1 aromatic heterocycles. The SMILES string of the molecule is O=C(Nc1cccc(Cl)c1-n1cncn1)c1ccc(Cl)c(S(=O)(=O)N2CCCCCC2)c1. The molecule has 0 unspecified atom stereocenters. The Kier molecular flexibility index (Phi) is 6.80. The second kappa shape index (κ2) is 9.58. The zero-order valence-corrected chi connectivity index (χ0v) is 19.4. The summed E-state index contributed by atoms with van der Waals surface area (Å²) < 4.78 is 29.3. The summed E-state index contributed by atoms with van der Waals surface area (Å²) in [4.78, 5) is 16.9. The molecule has 1 amide bonds. The number of carbonyl (C=O) groups is 1. The molecule has 0 saturated carbocycles. The monoisotopic (exact) mass is 493 g/mol. The van der Waals surface area contributed by atoms with E-state index in [1.54, 1.807) is 18.2 Å². The Balaban J connectivity index is 1.65. The maximum atomic E-state index is 13.2. The van der Waals surface area contributed by atoms with Crippen LogP contribution < -0.4 is 5.32 Å². The number of aromatic nitrogens is 3. The Morgan fingerprint density at radius 3 is 2.44 bits per heavy atom. The molecule has 4 rings (SSSR count). The number of para-hydroxylation sites is 1. The summed E-state index contributed by atoms with van der Waals surface area (Å²) >= 11 is 12.6. The van der Waals surface area contributed by atoms with E-state index in [2.05, 4.69) is 15.4 Å². The van der Waals surface area contributed by atoms with Gasteiger partial charge in [-0.2, -0.15) is 9.40 Å². The van der Waals surface area contributed by atoms with Gasteiger partial charge in [-0.15, -0.1) is 0 Å². The minimum Gasteiger partial charge on any atom is -0.320 e. The fourth-order valence-electron chi connectivity index (χ4n) is 3.63. The van der Waals surface area contributed by atoms with Crippen LogP contribution in [0.3, 0.4) is 0 Å². The average Bonchev–Trinajstić information content (AvgIpc) is 3.14. The largest absolute Gasteiger partial charge is 0.320 e. The zero-order chi connectivity index (χ0) is 22.7. The number of benzene rings is 2. The van der Waals surface area contributed by atoms with Gasteiger partial charge in [0.25, 0.3) is 5.91 Å². The Morgan fingerprint density at radius 2 is 1.75 bits per heavy atom. The molecule has 1 fully saturated rings. The van der Waals surface area contributed by atoms with Crippen molar-refractivity contribution in [3.05, 3.63) is 64.7 Å². The molecule has 8 nitrogen and oxygen atoms in total. The summed E-state index contributed by atoms with van der Waals surface area (Å²) in [5.41, 5.74) is 1.01. The fraction of sp³-hybridized carbons (Fsp3) is 0.286. The molecular weight excluding hydrogens is 473 g/mol. The maximum absolute atomic E-state index is 13.2. The number of carbonyl (C=O) groups excluding carboxylic acids is 1. The third-order valence-electron chi connectivity index (χ3n) is 5.26. The molecule has 0 atom stereocenters. The van der Waals surface area contributed by atoms with Gasteiger partial charge in [-0.25, -0.2) is 18.1 Å². The van der Waals surface area contributed by atoms with E-state index in [-0.39, 0.29) is 15.5 Å². The Morgan fingerprint density at radius 1 is 1.00 bits per heavy atom. The highest BCUT2D eigenvalue weighted by Gasteiger charge is 2.28. The van der Waals surface area contributed by atoms with Crippen LogP contribution in [0.15, 0.2) is 53.9 Å². The van der Waals surface area contributed by atoms with Crippen molar-refractivity contribution < 1.29 is 13.2 Å². The number of sulfonamides is 1. The van der Waals surface area contributed by atoms with Gasteiger partial charge in [-0.1, -0.05) is 42.1 Å². The van der Waals surface area contributed by atoms with Gasteiger partial charge in [0.1, 0.15) is 23.2 Å². The van der Waals surface area contributed by atoms with Gasteiger partial charge in [0.15, 0.2) is 0 Å². The van der Waals surface area contributed by atoms with E-state index < -0.39 is 15.9 Å². The van der Waals surface area contributed by atoms with Crippen molar-refractivity contribution in [2.45, 2.75) is 30.6 Å². The first kappa shape index (κ1) is 22.7. The summed E-state index contributed by atoms with van der Waals surface area (Å²) in [5, 5.41) is 7.30. The van der Waals surface area contributed by atoms with E-state index in [9.17, 15) is 13.2 Å². The van der Waals surface area contributed by atoms with E-state index in [0.29, 0.717) is 29.5 Å². The Bertz CT molecular complexity index is 1220. The van der Waals surface area contributed by atoms with Gasteiger partial charge in [0.05, 0.1) is 15.7 Å². The highest BCUT2D eigenvalue weighted by Crippen LogP contribution is 2.30. The molecule has 32 heavy (non-hydrogen) atoms. The minimum absolute atomic E-state index is 0.0729. The lowest BCUT2D eigenvalue weighted by atomic mass is 10.2. The number of hydrogen-bond acceptors (Lipinski definition) is 5. The minimum atomic E-state index is -3.82. The third-order valence-corrected chi connectivity index (χ3v) is 7.94. The topological polar surface area (TPSA) is 97.2 Å². The number of nitrogens with zero attached hydrogens (tertiary/aromatic N) is 4. The van der Waals surface area contributed by atoms with Crippen LogP contribution in [0.4, 0.5) is 5.69 Å². The summed E-state index contributed by atoms with van der Waals surface area (Å²) in [6.45, 7) is 0.887. The number of nitrogens with one attached hydrogen (secondary N) is 1. The standard InChI is InChI=1S/C21H21Cl2N5O3S/c22-16-9-8-15(12-19(16)32(30,31)27-10-3-1-2-4-11-27)21(29)26-18-7-5-6-17(23)20(18)28-14-24-13-25-28/h5-9,12-14H,1-4,10-11H2,(H,26,29). The van der Waals surface area contributed by atoms with E-state index in [1.165, 1.54) is 39.8 Å². The van der Waals surface area contributed by atoms with E-state index >= 15 is 0 Å². The lowest BCUT2D eigenvalue weighted by Crippen LogP contribution is -2.32. The first-order valence-corrected chi connectivity index (χ1v) is 12.3. The van der Waals surface area contributed by atoms with Crippen molar-refractivity contribution in [3.8, 4) is 5.69 Å². The molecular formula is C21H21Cl2N5O3S. The number of amides is 1. The molecule has 11 heteroatoms. The molecule has 2 heterocycles. The quantitative estimate of drug-likeness (QED) is 0.568. The second-order valence-electron chi connectivity index (χ2n) is 7.39. The molecule has 3 aromatic rings. The van der Waals surface area contributed by atoms with Crippen LogP contribution in [-0.4, -0.2) is 46.5 Å². The van der Waals surface area contributed by atoms with Gasteiger partial charge in [-0.05, 0) is 43.2 Å². The first-order valence-electron chi connectivity index (χ1n) is 10.1. The number of rotatable bonds is 5. The van der Waals surface area contributed by atoms with Gasteiger partial charge in [0, 0.05) is 18.7 Å². The van der Waals surface area contributed by atoms with Crippen LogP contribution in [0, 0.1) is 0 Å². The number of anilines is 1. The molecule has 0 bridgehead atoms. The molecule has 168 valence electrons. The summed E-state index contributed by atoms with van der Waals surface area (Å²) in [6, 6.07) is 9.26. The van der Waals surface area contributed by atoms with E-state index in [1.807, 2.05) is 0 Å². The molecule has 2 aromatic carbocycles. The molecule has 1 aliphatic heterocycles. The Labute approximate surface area is 196 Å². The summed E-state index contributed by atoms with van der Waals surface area (Å²) in [6.07, 6.45) is 6.42. The van der Waals surface area contributed by atoms with Crippen LogP contribution in [-0.2, 0) is 10.0 Å². The van der Waals surface area contributed by atoms with Gasteiger partial charge >= 0.3 is 0 Å². The van der Waals surface area contributed by atoms with Crippen LogP contribution >= 0.6 is 23.2 Å². The van der Waals surface area contributed by atoms with Gasteiger partial charge in [0.2, 0.25) is 10.0 Å². The van der Waals surface area contributed by atoms with Crippen molar-refractivity contribution in [3.63, 3.8) is 0 Å². The van der Waals surface area contributed by atoms with E-state index in [0.717, 1.165) is 25.7 Å². The first-order chi connectivity index (χ1) is 15.4. The normalized spacial score (nSPS) is 15.3. The van der Waals surface area contributed by atoms with Gasteiger partial charge < -0.3 is 5.32 Å². The average molecular weight is 494 g/mol. The highest BCUT2D eigenvalue weighted by atomic mass is 35.5. The summed E-state index contributed by atoms with van der Waals surface area (Å²) in [7, 11) is -3.82. The smallest absolute Gasteiger partial charge is 0.255 e. The lowest BCUT2D eigenvalue weighted by molar-refractivity contribution is 0.102. The molecule has 1 N–H and O–H groups in total. The summed E-state index contributed by atoms with van der Waals surface area (Å²) in [5.74, 6) is -0.502. The van der Waals surface area contributed by atoms with Crippen LogP contribution in [0.1, 0.15) is 36.0 Å². The second-order valence-corrected chi connectivity index (χ2v) is 10.1. The van der Waals surface area contributed by atoms with Crippen LogP contribution in [0.25, 0.3) is 5.69 Å². The van der Waals surface area contributed by atoms with Crippen molar-refractivity contribution in [2.24, 2.45) is 0 Å². The van der Waals surface area contributed by atoms with Crippen molar-refractivity contribution in [1.29, 1.82) is 0 Å². The molecule has 0 spiro atoms. The molecule has 1 aliphatic rings. The predicted molar refractivity (Wildman–Crippen MR) is 123 cm³/mol. The molecule has 1 saturated heterocycles. The third kappa shape index (κ3) is 4.66. The van der Waals surface area contributed by atoms with Crippen molar-refractivity contribution in [2.75, 3.05) is 18.4 Å². The fourth-order valence-corrected chi connectivity index (χ4v) is 5.91.